The number of phenolic OH excluding ortho intramolecular Hbond substituents is 1. The van der Waals surface area contributed by atoms with E-state index in [0.29, 0.717) is 35.3 Å². The van der Waals surface area contributed by atoms with Gasteiger partial charge in [0.15, 0.2) is 17.0 Å². The molecule has 0 saturated carbocycles. The first-order chi connectivity index (χ1) is 17.2. The standard InChI is InChI=1S/C26H21N7OS/c34-20-7-5-17(6-8-20)9-12-28-24-22-25(33(16-29-22)19-11-14-35-15-19)32-26(31-24)30-23-21-4-2-1-3-18(21)10-13-27-23/h1-8,10-11,13-16,34H,9,12H2,(H2,27,28,30,31,32). The van der Waals surface area contributed by atoms with Crippen molar-refractivity contribution in [3.05, 3.63) is 89.5 Å². The summed E-state index contributed by atoms with van der Waals surface area (Å²) in [5.41, 5.74) is 3.51. The van der Waals surface area contributed by atoms with Crippen LogP contribution in [0.4, 0.5) is 17.6 Å². The molecule has 4 aromatic heterocycles. The predicted octanol–water partition coefficient (Wildman–Crippen LogP) is 5.53. The van der Waals surface area contributed by atoms with Gasteiger partial charge in [0, 0.05) is 23.5 Å². The summed E-state index contributed by atoms with van der Waals surface area (Å²) in [5, 5.41) is 22.4. The molecule has 9 heteroatoms. The summed E-state index contributed by atoms with van der Waals surface area (Å²) in [6.45, 7) is 0.647. The second-order valence-corrected chi connectivity index (χ2v) is 8.79. The number of nitrogens with one attached hydrogen (secondary N) is 2. The Labute approximate surface area is 205 Å². The first-order valence-corrected chi connectivity index (χ1v) is 12.1. The Balaban J connectivity index is 1.37. The third kappa shape index (κ3) is 4.24. The van der Waals surface area contributed by atoms with Crippen LogP contribution in [0.1, 0.15) is 5.56 Å². The summed E-state index contributed by atoms with van der Waals surface area (Å²) in [6.07, 6.45) is 4.31. The second-order valence-electron chi connectivity index (χ2n) is 8.01. The third-order valence-corrected chi connectivity index (χ3v) is 6.40. The van der Waals surface area contributed by atoms with E-state index in [1.165, 1.54) is 0 Å². The lowest BCUT2D eigenvalue weighted by molar-refractivity contribution is 0.475. The highest BCUT2D eigenvalue weighted by atomic mass is 32.1. The SMILES string of the molecule is Oc1ccc(CCNc2nc(Nc3nccc4ccccc34)nc3c2ncn3-c2ccsc2)cc1. The number of pyridine rings is 1. The van der Waals surface area contributed by atoms with Crippen molar-refractivity contribution in [1.82, 2.24) is 24.5 Å². The first-order valence-electron chi connectivity index (χ1n) is 11.1. The lowest BCUT2D eigenvalue weighted by Crippen LogP contribution is -2.10. The average Bonchev–Trinajstić information content (AvgIpc) is 3.56. The maximum Gasteiger partial charge on any atom is 0.232 e. The molecule has 8 nitrogen and oxygen atoms in total. The molecule has 0 unspecified atom stereocenters. The Kier molecular flexibility index (Phi) is 5.44. The molecule has 0 aliphatic rings. The molecule has 0 amide bonds. The zero-order chi connectivity index (χ0) is 23.6. The minimum Gasteiger partial charge on any atom is -0.508 e. The number of benzene rings is 2. The van der Waals surface area contributed by atoms with Crippen molar-refractivity contribution in [1.29, 1.82) is 0 Å². The number of thiophene rings is 1. The normalized spacial score (nSPS) is 11.2. The fourth-order valence-electron chi connectivity index (χ4n) is 3.98. The molecule has 0 spiro atoms. The molecule has 0 radical (unpaired) electrons. The van der Waals surface area contributed by atoms with Gasteiger partial charge < -0.3 is 15.7 Å². The summed E-state index contributed by atoms with van der Waals surface area (Å²) in [4.78, 5) is 18.7. The van der Waals surface area contributed by atoms with Crippen LogP contribution in [0.3, 0.4) is 0 Å². The Morgan fingerprint density at radius 3 is 2.66 bits per heavy atom. The average molecular weight is 480 g/mol. The number of phenols is 1. The fraction of sp³-hybridized carbons (Fsp3) is 0.0769. The van der Waals surface area contributed by atoms with E-state index in [4.69, 9.17) is 9.97 Å². The molecule has 35 heavy (non-hydrogen) atoms. The van der Waals surface area contributed by atoms with E-state index in [1.54, 1.807) is 36.0 Å². The van der Waals surface area contributed by atoms with E-state index in [2.05, 4.69) is 26.0 Å². The monoisotopic (exact) mass is 479 g/mol. The molecule has 0 bridgehead atoms. The summed E-state index contributed by atoms with van der Waals surface area (Å²) in [6, 6.07) is 19.3. The van der Waals surface area contributed by atoms with Gasteiger partial charge in [0.05, 0.1) is 5.69 Å². The van der Waals surface area contributed by atoms with Crippen molar-refractivity contribution in [3.8, 4) is 11.4 Å². The molecule has 3 N–H and O–H groups in total. The minimum absolute atomic E-state index is 0.260. The molecule has 0 fully saturated rings. The van der Waals surface area contributed by atoms with Crippen molar-refractivity contribution in [3.63, 3.8) is 0 Å². The van der Waals surface area contributed by atoms with Crippen LogP contribution in [-0.2, 0) is 6.42 Å². The Morgan fingerprint density at radius 2 is 1.80 bits per heavy atom. The summed E-state index contributed by atoms with van der Waals surface area (Å²) >= 11 is 1.62. The number of nitrogens with zero attached hydrogens (tertiary/aromatic N) is 5. The van der Waals surface area contributed by atoms with E-state index in [9.17, 15) is 5.11 Å². The van der Waals surface area contributed by atoms with E-state index in [1.807, 2.05) is 58.5 Å². The van der Waals surface area contributed by atoms with Gasteiger partial charge in [-0.15, -0.1) is 0 Å². The second kappa shape index (κ2) is 9.03. The van der Waals surface area contributed by atoms with Gasteiger partial charge in [-0.3, -0.25) is 4.57 Å². The highest BCUT2D eigenvalue weighted by Gasteiger charge is 2.16. The van der Waals surface area contributed by atoms with Crippen molar-refractivity contribution >= 4 is 50.9 Å². The number of imidazole rings is 1. The molecule has 0 saturated heterocycles. The molecule has 4 heterocycles. The number of rotatable bonds is 7. The van der Waals surface area contributed by atoms with Crippen LogP contribution in [0, 0.1) is 0 Å². The lowest BCUT2D eigenvalue weighted by Gasteiger charge is -2.11. The van der Waals surface area contributed by atoms with Crippen molar-refractivity contribution in [2.45, 2.75) is 6.42 Å². The summed E-state index contributed by atoms with van der Waals surface area (Å²) in [5.74, 6) is 2.03. The first kappa shape index (κ1) is 21.1. The van der Waals surface area contributed by atoms with Crippen LogP contribution in [0.2, 0.25) is 0 Å². The van der Waals surface area contributed by atoms with Crippen molar-refractivity contribution in [2.75, 3.05) is 17.2 Å². The molecule has 6 rings (SSSR count). The molecule has 0 aliphatic carbocycles. The number of aromatic hydroxyl groups is 1. The zero-order valence-corrected chi connectivity index (χ0v) is 19.4. The van der Waals surface area contributed by atoms with Crippen LogP contribution >= 0.6 is 11.3 Å². The van der Waals surface area contributed by atoms with Crippen LogP contribution in [0.25, 0.3) is 27.6 Å². The maximum atomic E-state index is 9.52. The number of anilines is 3. The van der Waals surface area contributed by atoms with Crippen LogP contribution in [-0.4, -0.2) is 36.2 Å². The topological polar surface area (TPSA) is 101 Å². The van der Waals surface area contributed by atoms with E-state index < -0.39 is 0 Å². The number of fused-ring (bicyclic) bond motifs is 2. The predicted molar refractivity (Wildman–Crippen MR) is 140 cm³/mol. The number of hydrogen-bond acceptors (Lipinski definition) is 8. The maximum absolute atomic E-state index is 9.52. The van der Waals surface area contributed by atoms with Gasteiger partial charge in [0.25, 0.3) is 0 Å². The quantitative estimate of drug-likeness (QED) is 0.277. The van der Waals surface area contributed by atoms with Gasteiger partial charge >= 0.3 is 0 Å². The molecule has 172 valence electrons. The van der Waals surface area contributed by atoms with Gasteiger partial charge in [-0.25, -0.2) is 9.97 Å². The largest absolute Gasteiger partial charge is 0.508 e. The van der Waals surface area contributed by atoms with Gasteiger partial charge in [-0.05, 0) is 47.0 Å². The third-order valence-electron chi connectivity index (χ3n) is 5.73. The number of hydrogen-bond donors (Lipinski definition) is 3. The van der Waals surface area contributed by atoms with E-state index >= 15 is 0 Å². The minimum atomic E-state index is 0.260. The fourth-order valence-corrected chi connectivity index (χ4v) is 4.60. The number of aromatic nitrogens is 5. The van der Waals surface area contributed by atoms with Gasteiger partial charge in [0.2, 0.25) is 5.95 Å². The van der Waals surface area contributed by atoms with Crippen molar-refractivity contribution in [2.24, 2.45) is 0 Å². The van der Waals surface area contributed by atoms with Crippen LogP contribution in [0.5, 0.6) is 5.75 Å². The van der Waals surface area contributed by atoms with E-state index in [-0.39, 0.29) is 5.75 Å². The highest BCUT2D eigenvalue weighted by molar-refractivity contribution is 7.08. The zero-order valence-electron chi connectivity index (χ0n) is 18.6. The van der Waals surface area contributed by atoms with Gasteiger partial charge in [-0.1, -0.05) is 36.4 Å². The van der Waals surface area contributed by atoms with Gasteiger partial charge in [-0.2, -0.15) is 21.3 Å². The lowest BCUT2D eigenvalue weighted by atomic mass is 10.1. The molecule has 6 aromatic rings. The van der Waals surface area contributed by atoms with Crippen molar-refractivity contribution < 1.29 is 5.11 Å². The Hall–Kier alpha value is -4.50. The van der Waals surface area contributed by atoms with Crippen LogP contribution < -0.4 is 10.6 Å². The molecule has 0 aliphatic heterocycles. The Bertz CT molecular complexity index is 1610. The smallest absolute Gasteiger partial charge is 0.232 e. The van der Waals surface area contributed by atoms with Crippen LogP contribution in [0.15, 0.2) is 83.9 Å². The van der Waals surface area contributed by atoms with E-state index in [0.717, 1.165) is 28.4 Å². The molecular formula is C26H21N7OS. The molecule has 0 atom stereocenters. The summed E-state index contributed by atoms with van der Waals surface area (Å²) in [7, 11) is 0. The molecule has 2 aromatic carbocycles. The highest BCUT2D eigenvalue weighted by Crippen LogP contribution is 2.27. The molecular weight excluding hydrogens is 458 g/mol. The van der Waals surface area contributed by atoms with Gasteiger partial charge in [0.1, 0.15) is 17.9 Å². The Morgan fingerprint density at radius 1 is 0.914 bits per heavy atom. The summed E-state index contributed by atoms with van der Waals surface area (Å²) < 4.78 is 1.96.